The van der Waals surface area contributed by atoms with Crippen LogP contribution in [0, 0.1) is 17.7 Å². The highest BCUT2D eigenvalue weighted by atomic mass is 19.1. The minimum atomic E-state index is -1.23. The SMILES string of the molecule is CC1=C(C(=O)OCc2ccccc2F)c2c(C#CC(C)(C)O)cn(C)c(=O)c2C1. The first kappa shape index (κ1) is 20.6. The Morgan fingerprint density at radius 1 is 1.34 bits per heavy atom. The Kier molecular flexibility index (Phi) is 5.45. The number of ether oxygens (including phenoxy) is 1. The van der Waals surface area contributed by atoms with E-state index in [2.05, 4.69) is 11.8 Å². The molecule has 3 rings (SSSR count). The standard InChI is InChI=1S/C23H22FNO4/c1-14-11-17-20(15(9-10-23(2,3)28)12-25(4)21(17)26)19(14)22(27)29-13-16-7-5-6-8-18(16)24/h5-8,12,28H,11,13H2,1-4H3. The van der Waals surface area contributed by atoms with Gasteiger partial charge in [0.15, 0.2) is 0 Å². The summed E-state index contributed by atoms with van der Waals surface area (Å²) in [5.74, 6) is 4.51. The number of allylic oxidation sites excluding steroid dienone is 1. The van der Waals surface area contributed by atoms with Gasteiger partial charge >= 0.3 is 5.97 Å². The molecule has 0 saturated carbocycles. The van der Waals surface area contributed by atoms with Gasteiger partial charge in [-0.05, 0) is 26.8 Å². The Hall–Kier alpha value is -3.17. The fourth-order valence-electron chi connectivity index (χ4n) is 3.24. The summed E-state index contributed by atoms with van der Waals surface area (Å²) in [6, 6.07) is 6.06. The largest absolute Gasteiger partial charge is 0.457 e. The quantitative estimate of drug-likeness (QED) is 0.641. The molecule has 0 bridgehead atoms. The number of pyridine rings is 1. The Labute approximate surface area is 168 Å². The number of rotatable bonds is 3. The first-order valence-corrected chi connectivity index (χ1v) is 9.17. The number of nitrogens with zero attached hydrogens (tertiary/aromatic N) is 1. The van der Waals surface area contributed by atoms with E-state index in [0.29, 0.717) is 28.7 Å². The third-order valence-corrected chi connectivity index (χ3v) is 4.61. The van der Waals surface area contributed by atoms with Crippen molar-refractivity contribution < 1.29 is 19.0 Å². The van der Waals surface area contributed by atoms with Gasteiger partial charge in [0.25, 0.3) is 5.56 Å². The lowest BCUT2D eigenvalue weighted by atomic mass is 10.00. The van der Waals surface area contributed by atoms with Crippen molar-refractivity contribution in [2.24, 2.45) is 7.05 Å². The van der Waals surface area contributed by atoms with Crippen molar-refractivity contribution in [3.63, 3.8) is 0 Å². The van der Waals surface area contributed by atoms with Crippen molar-refractivity contribution in [2.75, 3.05) is 0 Å². The molecule has 1 aromatic heterocycles. The maximum Gasteiger partial charge on any atom is 0.339 e. The van der Waals surface area contributed by atoms with Crippen LogP contribution < -0.4 is 5.56 Å². The zero-order chi connectivity index (χ0) is 21.3. The second-order valence-electron chi connectivity index (χ2n) is 7.62. The van der Waals surface area contributed by atoms with Crippen LogP contribution in [0.15, 0.2) is 40.8 Å². The molecule has 1 heterocycles. The first-order valence-electron chi connectivity index (χ1n) is 9.17. The van der Waals surface area contributed by atoms with E-state index in [4.69, 9.17) is 4.74 Å². The molecule has 0 radical (unpaired) electrons. The van der Waals surface area contributed by atoms with Crippen LogP contribution >= 0.6 is 0 Å². The summed E-state index contributed by atoms with van der Waals surface area (Å²) in [6.45, 7) is 4.64. The third-order valence-electron chi connectivity index (χ3n) is 4.61. The van der Waals surface area contributed by atoms with Crippen molar-refractivity contribution in [1.29, 1.82) is 0 Å². The second kappa shape index (κ2) is 7.69. The van der Waals surface area contributed by atoms with E-state index >= 15 is 0 Å². The van der Waals surface area contributed by atoms with Gasteiger partial charge in [-0.3, -0.25) is 4.79 Å². The average Bonchev–Trinajstić information content (AvgIpc) is 2.99. The molecule has 6 heteroatoms. The molecule has 1 aliphatic carbocycles. The lowest BCUT2D eigenvalue weighted by Gasteiger charge is -2.12. The van der Waals surface area contributed by atoms with E-state index in [1.54, 1.807) is 52.2 Å². The molecule has 2 aromatic rings. The van der Waals surface area contributed by atoms with E-state index in [1.807, 2.05) is 0 Å². The number of halogens is 1. The van der Waals surface area contributed by atoms with Gasteiger partial charge in [0.1, 0.15) is 18.0 Å². The zero-order valence-electron chi connectivity index (χ0n) is 16.8. The van der Waals surface area contributed by atoms with Crippen molar-refractivity contribution in [1.82, 2.24) is 4.57 Å². The zero-order valence-corrected chi connectivity index (χ0v) is 16.8. The van der Waals surface area contributed by atoms with E-state index < -0.39 is 17.4 Å². The van der Waals surface area contributed by atoms with Gasteiger partial charge in [-0.1, -0.05) is 35.6 Å². The van der Waals surface area contributed by atoms with Crippen LogP contribution in [-0.4, -0.2) is 21.2 Å². The molecule has 0 aliphatic heterocycles. The molecule has 0 amide bonds. The van der Waals surface area contributed by atoms with Crippen molar-refractivity contribution in [3.8, 4) is 11.8 Å². The number of carbonyl (C=O) groups is 1. The van der Waals surface area contributed by atoms with Gasteiger partial charge in [-0.2, -0.15) is 0 Å². The number of esters is 1. The van der Waals surface area contributed by atoms with Crippen LogP contribution in [0.1, 0.15) is 43.0 Å². The van der Waals surface area contributed by atoms with Gasteiger partial charge in [-0.15, -0.1) is 0 Å². The number of hydrogen-bond acceptors (Lipinski definition) is 4. The highest BCUT2D eigenvalue weighted by Gasteiger charge is 2.31. The summed E-state index contributed by atoms with van der Waals surface area (Å²) in [5.41, 5.74) is 1.13. The molecule has 1 aliphatic rings. The number of aliphatic hydroxyl groups is 1. The summed E-state index contributed by atoms with van der Waals surface area (Å²) in [6.07, 6.45) is 1.85. The van der Waals surface area contributed by atoms with Crippen molar-refractivity contribution in [2.45, 2.75) is 39.4 Å². The van der Waals surface area contributed by atoms with Crippen LogP contribution in [-0.2, 0) is 29.6 Å². The normalized spacial score (nSPS) is 13.0. The highest BCUT2D eigenvalue weighted by molar-refractivity contribution is 6.19. The lowest BCUT2D eigenvalue weighted by Crippen LogP contribution is -2.23. The third kappa shape index (κ3) is 4.30. The molecule has 0 spiro atoms. The van der Waals surface area contributed by atoms with Crippen LogP contribution in [0.25, 0.3) is 5.57 Å². The molecule has 0 atom stereocenters. The number of aromatic nitrogens is 1. The molecule has 0 unspecified atom stereocenters. The molecule has 150 valence electrons. The summed E-state index contributed by atoms with van der Waals surface area (Å²) in [7, 11) is 1.61. The molecule has 0 fully saturated rings. The summed E-state index contributed by atoms with van der Waals surface area (Å²) >= 11 is 0. The summed E-state index contributed by atoms with van der Waals surface area (Å²) in [5, 5.41) is 9.93. The molecule has 0 saturated heterocycles. The van der Waals surface area contributed by atoms with Gasteiger partial charge in [0.05, 0.1) is 5.57 Å². The first-order chi connectivity index (χ1) is 13.6. The lowest BCUT2D eigenvalue weighted by molar-refractivity contribution is -0.137. The van der Waals surface area contributed by atoms with Gasteiger partial charge < -0.3 is 14.4 Å². The molecule has 5 nitrogen and oxygen atoms in total. The van der Waals surface area contributed by atoms with Gasteiger partial charge in [-0.25, -0.2) is 9.18 Å². The number of benzene rings is 1. The monoisotopic (exact) mass is 395 g/mol. The molecule has 1 aromatic carbocycles. The average molecular weight is 395 g/mol. The molecule has 29 heavy (non-hydrogen) atoms. The molecular formula is C23H22FNO4. The minimum absolute atomic E-state index is 0.215. The fourth-order valence-corrected chi connectivity index (χ4v) is 3.24. The number of carbonyl (C=O) groups excluding carboxylic acids is 1. The minimum Gasteiger partial charge on any atom is -0.457 e. The smallest absolute Gasteiger partial charge is 0.339 e. The van der Waals surface area contributed by atoms with Crippen molar-refractivity contribution >= 4 is 11.5 Å². The fraction of sp³-hybridized carbons (Fsp3) is 0.304. The van der Waals surface area contributed by atoms with Crippen LogP contribution in [0.3, 0.4) is 0 Å². The van der Waals surface area contributed by atoms with E-state index in [1.165, 1.54) is 10.6 Å². The Morgan fingerprint density at radius 3 is 2.69 bits per heavy atom. The maximum atomic E-state index is 13.8. The predicted molar refractivity (Wildman–Crippen MR) is 107 cm³/mol. The van der Waals surface area contributed by atoms with E-state index in [-0.39, 0.29) is 23.3 Å². The van der Waals surface area contributed by atoms with E-state index in [0.717, 1.165) is 0 Å². The van der Waals surface area contributed by atoms with E-state index in [9.17, 15) is 19.1 Å². The Balaban J connectivity index is 2.01. The number of hydrogen-bond donors (Lipinski definition) is 1. The Bertz CT molecular complexity index is 1140. The van der Waals surface area contributed by atoms with Crippen LogP contribution in [0.5, 0.6) is 0 Å². The summed E-state index contributed by atoms with van der Waals surface area (Å²) < 4.78 is 20.6. The number of aryl methyl sites for hydroxylation is 1. The van der Waals surface area contributed by atoms with Gasteiger partial charge in [0, 0.05) is 41.9 Å². The Morgan fingerprint density at radius 2 is 2.03 bits per heavy atom. The topological polar surface area (TPSA) is 68.5 Å². The second-order valence-corrected chi connectivity index (χ2v) is 7.62. The molecular weight excluding hydrogens is 373 g/mol. The van der Waals surface area contributed by atoms with Crippen LogP contribution in [0.4, 0.5) is 4.39 Å². The summed E-state index contributed by atoms with van der Waals surface area (Å²) in [4.78, 5) is 25.4. The van der Waals surface area contributed by atoms with Crippen LogP contribution in [0.2, 0.25) is 0 Å². The predicted octanol–water partition coefficient (Wildman–Crippen LogP) is 2.72. The molecule has 1 N–H and O–H groups in total. The van der Waals surface area contributed by atoms with Gasteiger partial charge in [0.2, 0.25) is 0 Å². The number of fused-ring (bicyclic) bond motifs is 1. The maximum absolute atomic E-state index is 13.8. The van der Waals surface area contributed by atoms with Crippen molar-refractivity contribution in [3.05, 3.63) is 74.5 Å². The highest BCUT2D eigenvalue weighted by Crippen LogP contribution is 2.34.